The first kappa shape index (κ1) is 18.1. The Labute approximate surface area is 155 Å². The molecule has 0 bridgehead atoms. The van der Waals surface area contributed by atoms with Crippen LogP contribution >= 0.6 is 11.3 Å². The summed E-state index contributed by atoms with van der Waals surface area (Å²) < 4.78 is 0. The topological polar surface area (TPSA) is 95.5 Å². The quantitative estimate of drug-likeness (QED) is 0.722. The molecule has 0 saturated heterocycles. The molecule has 0 aliphatic heterocycles. The minimum absolute atomic E-state index is 0.114. The van der Waals surface area contributed by atoms with Gasteiger partial charge in [-0.15, -0.1) is 11.3 Å². The molecule has 26 heavy (non-hydrogen) atoms. The Kier molecular flexibility index (Phi) is 5.37. The number of thiophene rings is 1. The number of carboxylic acid groups (broad SMARTS) is 1. The monoisotopic (exact) mass is 372 g/mol. The maximum absolute atomic E-state index is 12.9. The van der Waals surface area contributed by atoms with Crippen molar-refractivity contribution >= 4 is 39.8 Å². The number of anilines is 2. The summed E-state index contributed by atoms with van der Waals surface area (Å²) in [4.78, 5) is 36.7. The highest BCUT2D eigenvalue weighted by Gasteiger charge is 2.27. The summed E-state index contributed by atoms with van der Waals surface area (Å²) in [7, 11) is 0. The van der Waals surface area contributed by atoms with Gasteiger partial charge in [0.15, 0.2) is 0 Å². The van der Waals surface area contributed by atoms with Gasteiger partial charge in [0.25, 0.3) is 5.91 Å². The number of aryl methyl sites for hydroxylation is 2. The summed E-state index contributed by atoms with van der Waals surface area (Å²) in [5.41, 5.74) is 3.20. The summed E-state index contributed by atoms with van der Waals surface area (Å²) in [6.07, 6.45) is 2.36. The Morgan fingerprint density at radius 2 is 1.88 bits per heavy atom. The van der Waals surface area contributed by atoms with E-state index in [9.17, 15) is 14.4 Å². The van der Waals surface area contributed by atoms with Gasteiger partial charge in [0.2, 0.25) is 5.91 Å². The highest BCUT2D eigenvalue weighted by Crippen LogP contribution is 2.39. The molecule has 1 aliphatic rings. The van der Waals surface area contributed by atoms with E-state index < -0.39 is 11.9 Å². The number of hydrogen-bond donors (Lipinski definition) is 3. The van der Waals surface area contributed by atoms with Crippen molar-refractivity contribution in [3.05, 3.63) is 45.8 Å². The van der Waals surface area contributed by atoms with Crippen LogP contribution in [0.15, 0.2) is 24.3 Å². The molecule has 0 spiro atoms. The lowest BCUT2D eigenvalue weighted by molar-refractivity contribution is -0.138. The molecule has 0 unspecified atom stereocenters. The number of carboxylic acids is 1. The third kappa shape index (κ3) is 3.94. The van der Waals surface area contributed by atoms with Crippen LogP contribution < -0.4 is 10.6 Å². The highest BCUT2D eigenvalue weighted by atomic mass is 32.1. The van der Waals surface area contributed by atoms with E-state index in [1.165, 1.54) is 11.3 Å². The number of carbonyl (C=O) groups excluding carboxylic acids is 2. The van der Waals surface area contributed by atoms with E-state index in [-0.39, 0.29) is 18.7 Å². The molecule has 0 fully saturated rings. The van der Waals surface area contributed by atoms with Crippen molar-refractivity contribution in [2.75, 3.05) is 10.6 Å². The first-order chi connectivity index (χ1) is 12.5. The van der Waals surface area contributed by atoms with Crippen LogP contribution in [0.25, 0.3) is 0 Å². The second-order valence-electron chi connectivity index (χ2n) is 6.27. The minimum Gasteiger partial charge on any atom is -0.481 e. The predicted octanol–water partition coefficient (Wildman–Crippen LogP) is 3.60. The molecular formula is C19H20N2O4S. The van der Waals surface area contributed by atoms with E-state index in [0.29, 0.717) is 10.6 Å². The molecule has 1 aromatic heterocycles. The largest absolute Gasteiger partial charge is 0.481 e. The number of para-hydroxylation sites is 1. The van der Waals surface area contributed by atoms with Gasteiger partial charge < -0.3 is 15.7 Å². The Bertz CT molecular complexity index is 872. The van der Waals surface area contributed by atoms with Gasteiger partial charge >= 0.3 is 5.97 Å². The predicted molar refractivity (Wildman–Crippen MR) is 101 cm³/mol. The zero-order chi connectivity index (χ0) is 18.7. The average molecular weight is 372 g/mol. The molecule has 7 heteroatoms. The summed E-state index contributed by atoms with van der Waals surface area (Å²) in [6.45, 7) is 1.92. The van der Waals surface area contributed by atoms with Crippen LogP contribution in [0.2, 0.25) is 0 Å². The summed E-state index contributed by atoms with van der Waals surface area (Å²) in [6, 6.07) is 7.52. The van der Waals surface area contributed by atoms with Gasteiger partial charge in [-0.05, 0) is 43.4 Å². The number of aliphatic carboxylic acids is 1. The molecule has 1 heterocycles. The highest BCUT2D eigenvalue weighted by molar-refractivity contribution is 7.17. The molecule has 1 aliphatic carbocycles. The van der Waals surface area contributed by atoms with Crippen LogP contribution in [0.5, 0.6) is 0 Å². The molecule has 2 aromatic rings. The van der Waals surface area contributed by atoms with Crippen LogP contribution in [0, 0.1) is 6.92 Å². The zero-order valence-corrected chi connectivity index (χ0v) is 15.2. The molecule has 2 amide bonds. The zero-order valence-electron chi connectivity index (χ0n) is 14.4. The summed E-state index contributed by atoms with van der Waals surface area (Å²) in [5, 5.41) is 14.9. The molecule has 3 rings (SSSR count). The van der Waals surface area contributed by atoms with Gasteiger partial charge in [0, 0.05) is 17.0 Å². The van der Waals surface area contributed by atoms with Gasteiger partial charge in [-0.3, -0.25) is 14.4 Å². The van der Waals surface area contributed by atoms with Crippen LogP contribution in [0.1, 0.15) is 45.6 Å². The summed E-state index contributed by atoms with van der Waals surface area (Å²) >= 11 is 1.41. The molecule has 0 saturated carbocycles. The fourth-order valence-electron chi connectivity index (χ4n) is 3.04. The van der Waals surface area contributed by atoms with Gasteiger partial charge in [0.1, 0.15) is 5.00 Å². The van der Waals surface area contributed by atoms with Gasteiger partial charge in [-0.2, -0.15) is 0 Å². The van der Waals surface area contributed by atoms with Crippen LogP contribution in [-0.4, -0.2) is 22.9 Å². The lowest BCUT2D eigenvalue weighted by atomic mass is 10.1. The van der Waals surface area contributed by atoms with E-state index in [0.717, 1.165) is 41.0 Å². The van der Waals surface area contributed by atoms with Crippen molar-refractivity contribution in [3.63, 3.8) is 0 Å². The Morgan fingerprint density at radius 3 is 2.62 bits per heavy atom. The number of carbonyl (C=O) groups is 3. The van der Waals surface area contributed by atoms with Crippen molar-refractivity contribution in [2.45, 2.75) is 39.0 Å². The fourth-order valence-corrected chi connectivity index (χ4v) is 4.34. The lowest BCUT2D eigenvalue weighted by Gasteiger charge is -2.11. The first-order valence-corrected chi connectivity index (χ1v) is 9.30. The first-order valence-electron chi connectivity index (χ1n) is 8.49. The van der Waals surface area contributed by atoms with Crippen LogP contribution in [0.4, 0.5) is 10.7 Å². The maximum Gasteiger partial charge on any atom is 0.303 e. The van der Waals surface area contributed by atoms with Crippen LogP contribution in [0.3, 0.4) is 0 Å². The Balaban J connectivity index is 1.83. The number of hydrogen-bond acceptors (Lipinski definition) is 4. The maximum atomic E-state index is 12.9. The molecule has 3 N–H and O–H groups in total. The number of amides is 2. The normalized spacial score (nSPS) is 12.5. The van der Waals surface area contributed by atoms with Crippen molar-refractivity contribution in [2.24, 2.45) is 0 Å². The minimum atomic E-state index is -1.02. The van der Waals surface area contributed by atoms with Crippen molar-refractivity contribution in [1.29, 1.82) is 0 Å². The van der Waals surface area contributed by atoms with Gasteiger partial charge in [-0.1, -0.05) is 18.2 Å². The second kappa shape index (κ2) is 7.70. The number of fused-ring (bicyclic) bond motifs is 1. The van der Waals surface area contributed by atoms with E-state index in [4.69, 9.17) is 5.11 Å². The number of rotatable bonds is 6. The molecule has 0 atom stereocenters. The summed E-state index contributed by atoms with van der Waals surface area (Å²) in [5.74, 6) is -1.66. The molecule has 0 radical (unpaired) electrons. The van der Waals surface area contributed by atoms with Gasteiger partial charge in [0.05, 0.1) is 12.0 Å². The third-order valence-electron chi connectivity index (χ3n) is 4.36. The van der Waals surface area contributed by atoms with E-state index in [1.807, 2.05) is 31.2 Å². The fraction of sp³-hybridized carbons (Fsp3) is 0.316. The van der Waals surface area contributed by atoms with Crippen molar-refractivity contribution < 1.29 is 19.5 Å². The van der Waals surface area contributed by atoms with E-state index in [1.54, 1.807) is 0 Å². The van der Waals surface area contributed by atoms with Gasteiger partial charge in [-0.25, -0.2) is 0 Å². The smallest absolute Gasteiger partial charge is 0.303 e. The Hall–Kier alpha value is -2.67. The molecule has 1 aromatic carbocycles. The van der Waals surface area contributed by atoms with Crippen LogP contribution in [-0.2, 0) is 22.4 Å². The lowest BCUT2D eigenvalue weighted by Crippen LogP contribution is -2.18. The number of nitrogens with one attached hydrogen (secondary N) is 2. The Morgan fingerprint density at radius 1 is 1.12 bits per heavy atom. The molecule has 136 valence electrons. The van der Waals surface area contributed by atoms with E-state index >= 15 is 0 Å². The van der Waals surface area contributed by atoms with E-state index in [2.05, 4.69) is 10.6 Å². The average Bonchev–Trinajstić information content (AvgIpc) is 3.15. The van der Waals surface area contributed by atoms with Crippen molar-refractivity contribution in [3.8, 4) is 0 Å². The standard InChI is InChI=1S/C19H20N2O4S/c1-11-5-2-3-7-13(11)20-18(25)17-12-6-4-8-14(12)26-19(17)21-15(22)9-10-16(23)24/h2-3,5,7H,4,6,8-10H2,1H3,(H,20,25)(H,21,22)(H,23,24). The second-order valence-corrected chi connectivity index (χ2v) is 7.38. The molecular weight excluding hydrogens is 352 g/mol. The third-order valence-corrected chi connectivity index (χ3v) is 5.57. The number of benzene rings is 1. The van der Waals surface area contributed by atoms with Crippen molar-refractivity contribution in [1.82, 2.24) is 0 Å². The molecule has 6 nitrogen and oxygen atoms in total. The SMILES string of the molecule is Cc1ccccc1NC(=O)c1c(NC(=O)CCC(=O)O)sc2c1CCC2.